The molecule has 0 nitrogen and oxygen atoms in total. The molecule has 19 heavy (non-hydrogen) atoms. The highest BCUT2D eigenvalue weighted by atomic mass is 14.1. The molecule has 2 rings (SSSR count). The van der Waals surface area contributed by atoms with Gasteiger partial charge >= 0.3 is 0 Å². The fraction of sp³-hybridized carbons (Fsp3) is 0.158. The van der Waals surface area contributed by atoms with Crippen LogP contribution in [0.4, 0.5) is 0 Å². The number of hydrogen-bond acceptors (Lipinski definition) is 0. The third kappa shape index (κ3) is 3.45. The first-order valence-corrected chi connectivity index (χ1v) is 6.64. The van der Waals surface area contributed by atoms with Gasteiger partial charge in [-0.25, -0.2) is 0 Å². The first-order valence-electron chi connectivity index (χ1n) is 6.64. The first kappa shape index (κ1) is 13.4. The summed E-state index contributed by atoms with van der Waals surface area (Å²) in [6.45, 7) is 8.48. The van der Waals surface area contributed by atoms with E-state index in [9.17, 15) is 0 Å². The van der Waals surface area contributed by atoms with E-state index in [1.807, 2.05) is 6.07 Å². The predicted octanol–water partition coefficient (Wildman–Crippen LogP) is 5.20. The van der Waals surface area contributed by atoms with E-state index in [1.54, 1.807) is 0 Å². The second kappa shape index (κ2) is 6.19. The van der Waals surface area contributed by atoms with E-state index in [1.165, 1.54) is 22.3 Å². The fourth-order valence-corrected chi connectivity index (χ4v) is 2.09. The smallest absolute Gasteiger partial charge is 0.00889 e. The van der Waals surface area contributed by atoms with Gasteiger partial charge in [-0.1, -0.05) is 67.3 Å². The van der Waals surface area contributed by atoms with Gasteiger partial charge in [-0.3, -0.25) is 0 Å². The van der Waals surface area contributed by atoms with E-state index < -0.39 is 0 Å². The molecule has 0 spiro atoms. The Bertz CT molecular complexity index is 588. The number of rotatable bonds is 4. The highest BCUT2D eigenvalue weighted by molar-refractivity contribution is 5.76. The summed E-state index contributed by atoms with van der Waals surface area (Å²) in [6, 6.07) is 18.9. The van der Waals surface area contributed by atoms with Crippen LogP contribution in [-0.2, 0) is 6.42 Å². The number of benzene rings is 2. The van der Waals surface area contributed by atoms with E-state index in [0.29, 0.717) is 0 Å². The molecular weight excluding hydrogens is 228 g/mol. The summed E-state index contributed by atoms with van der Waals surface area (Å²) in [5.41, 5.74) is 6.27. The molecule has 0 aliphatic carbocycles. The van der Waals surface area contributed by atoms with Crippen LogP contribution in [-0.4, -0.2) is 0 Å². The molecule has 0 atom stereocenters. The lowest BCUT2D eigenvalue weighted by atomic mass is 9.98. The molecular formula is C19H20. The van der Waals surface area contributed by atoms with Crippen LogP contribution < -0.4 is 0 Å². The van der Waals surface area contributed by atoms with Crippen LogP contribution in [0.3, 0.4) is 0 Å². The monoisotopic (exact) mass is 248 g/mol. The molecule has 96 valence electrons. The van der Waals surface area contributed by atoms with Crippen molar-refractivity contribution in [2.75, 3.05) is 0 Å². The van der Waals surface area contributed by atoms with Crippen molar-refractivity contribution < 1.29 is 0 Å². The molecule has 2 aromatic carbocycles. The number of allylic oxidation sites excluding steroid dienone is 3. The molecule has 0 aromatic heterocycles. The molecule has 0 saturated heterocycles. The summed E-state index contributed by atoms with van der Waals surface area (Å²) in [5, 5.41) is 0. The van der Waals surface area contributed by atoms with Crippen molar-refractivity contribution in [3.05, 3.63) is 89.5 Å². The van der Waals surface area contributed by atoms with Crippen LogP contribution in [0.5, 0.6) is 0 Å². The van der Waals surface area contributed by atoms with Gasteiger partial charge in [0.2, 0.25) is 0 Å². The zero-order chi connectivity index (χ0) is 13.7. The standard InChI is InChI=1S/C19H20/c1-15(17(3)19-11-5-4-6-12-19)13-14-18-10-8-7-9-16(18)2/h4-13H,3,14H2,1-2H3/b15-13-. The number of hydrogen-bond donors (Lipinski definition) is 0. The number of aryl methyl sites for hydroxylation is 1. The van der Waals surface area contributed by atoms with Crippen LogP contribution in [0.25, 0.3) is 5.57 Å². The molecule has 0 aliphatic rings. The molecule has 0 fully saturated rings. The largest absolute Gasteiger partial charge is 0.0909 e. The Morgan fingerprint density at radius 3 is 2.32 bits per heavy atom. The molecule has 0 heteroatoms. The Morgan fingerprint density at radius 1 is 1.00 bits per heavy atom. The van der Waals surface area contributed by atoms with Gasteiger partial charge in [-0.05, 0) is 48.1 Å². The van der Waals surface area contributed by atoms with Crippen molar-refractivity contribution in [3.63, 3.8) is 0 Å². The fourth-order valence-electron chi connectivity index (χ4n) is 2.09. The highest BCUT2D eigenvalue weighted by Gasteiger charge is 2.01. The lowest BCUT2D eigenvalue weighted by molar-refractivity contribution is 1.20. The van der Waals surface area contributed by atoms with Crippen molar-refractivity contribution in [1.82, 2.24) is 0 Å². The Balaban J connectivity index is 2.12. The minimum Gasteiger partial charge on any atom is -0.0909 e. The average molecular weight is 248 g/mol. The van der Waals surface area contributed by atoms with Crippen molar-refractivity contribution in [3.8, 4) is 0 Å². The SMILES string of the molecule is C=C(/C(C)=C\Cc1ccccc1C)c1ccccc1. The lowest BCUT2D eigenvalue weighted by Gasteiger charge is -2.07. The van der Waals surface area contributed by atoms with Gasteiger partial charge in [0, 0.05) is 0 Å². The van der Waals surface area contributed by atoms with Gasteiger partial charge in [0.05, 0.1) is 0 Å². The molecule has 0 saturated carbocycles. The van der Waals surface area contributed by atoms with Gasteiger partial charge < -0.3 is 0 Å². The quantitative estimate of drug-likeness (QED) is 0.653. The van der Waals surface area contributed by atoms with E-state index in [2.05, 4.69) is 75.0 Å². The molecule has 2 aromatic rings. The van der Waals surface area contributed by atoms with E-state index in [4.69, 9.17) is 0 Å². The van der Waals surface area contributed by atoms with Crippen LogP contribution in [0.15, 0.2) is 72.8 Å². The Morgan fingerprint density at radius 2 is 1.63 bits per heavy atom. The topological polar surface area (TPSA) is 0 Å². The summed E-state index contributed by atoms with van der Waals surface area (Å²) in [5.74, 6) is 0. The van der Waals surface area contributed by atoms with Gasteiger partial charge in [-0.15, -0.1) is 0 Å². The lowest BCUT2D eigenvalue weighted by Crippen LogP contribution is -1.89. The highest BCUT2D eigenvalue weighted by Crippen LogP contribution is 2.21. The van der Waals surface area contributed by atoms with E-state index >= 15 is 0 Å². The molecule has 0 aliphatic heterocycles. The molecule has 0 heterocycles. The zero-order valence-electron chi connectivity index (χ0n) is 11.7. The maximum absolute atomic E-state index is 4.19. The average Bonchev–Trinajstić information content (AvgIpc) is 2.46. The van der Waals surface area contributed by atoms with Crippen LogP contribution >= 0.6 is 0 Å². The Hall–Kier alpha value is -2.08. The Labute approximate surface area is 116 Å². The minimum absolute atomic E-state index is 0.963. The van der Waals surface area contributed by atoms with Crippen molar-refractivity contribution in [2.24, 2.45) is 0 Å². The molecule has 0 N–H and O–H groups in total. The Kier molecular flexibility index (Phi) is 4.35. The predicted molar refractivity (Wildman–Crippen MR) is 84.1 cm³/mol. The molecule has 0 radical (unpaired) electrons. The molecule has 0 bridgehead atoms. The van der Waals surface area contributed by atoms with Crippen molar-refractivity contribution in [2.45, 2.75) is 20.3 Å². The van der Waals surface area contributed by atoms with Crippen molar-refractivity contribution >= 4 is 5.57 Å². The van der Waals surface area contributed by atoms with Crippen LogP contribution in [0.1, 0.15) is 23.6 Å². The summed E-state index contributed by atoms with van der Waals surface area (Å²) >= 11 is 0. The maximum Gasteiger partial charge on any atom is -0.00889 e. The normalized spacial score (nSPS) is 11.4. The summed E-state index contributed by atoms with van der Waals surface area (Å²) in [4.78, 5) is 0. The van der Waals surface area contributed by atoms with E-state index in [-0.39, 0.29) is 0 Å². The maximum atomic E-state index is 4.19. The first-order chi connectivity index (χ1) is 9.18. The van der Waals surface area contributed by atoms with Gasteiger partial charge in [-0.2, -0.15) is 0 Å². The second-order valence-corrected chi connectivity index (χ2v) is 4.86. The van der Waals surface area contributed by atoms with Crippen LogP contribution in [0, 0.1) is 6.92 Å². The van der Waals surface area contributed by atoms with Gasteiger partial charge in [0.15, 0.2) is 0 Å². The van der Waals surface area contributed by atoms with Crippen LogP contribution in [0.2, 0.25) is 0 Å². The zero-order valence-corrected chi connectivity index (χ0v) is 11.7. The van der Waals surface area contributed by atoms with Gasteiger partial charge in [0.1, 0.15) is 0 Å². The summed E-state index contributed by atoms with van der Waals surface area (Å²) < 4.78 is 0. The third-order valence-corrected chi connectivity index (χ3v) is 3.49. The molecule has 0 unspecified atom stereocenters. The van der Waals surface area contributed by atoms with Crippen molar-refractivity contribution in [1.29, 1.82) is 0 Å². The summed E-state index contributed by atoms with van der Waals surface area (Å²) in [6.07, 6.45) is 3.22. The van der Waals surface area contributed by atoms with Gasteiger partial charge in [0.25, 0.3) is 0 Å². The molecule has 0 amide bonds. The summed E-state index contributed by atoms with van der Waals surface area (Å²) in [7, 11) is 0. The second-order valence-electron chi connectivity index (χ2n) is 4.86. The van der Waals surface area contributed by atoms with E-state index in [0.717, 1.165) is 12.0 Å². The third-order valence-electron chi connectivity index (χ3n) is 3.49. The minimum atomic E-state index is 0.963.